The van der Waals surface area contributed by atoms with E-state index in [0.29, 0.717) is 5.75 Å². The van der Waals surface area contributed by atoms with Crippen molar-refractivity contribution in [1.82, 2.24) is 0 Å². The van der Waals surface area contributed by atoms with Crippen LogP contribution < -0.4 is 0 Å². The van der Waals surface area contributed by atoms with E-state index in [1.165, 1.54) is 5.56 Å². The molecule has 0 fully saturated rings. The lowest BCUT2D eigenvalue weighted by Crippen LogP contribution is -2.21. The normalized spacial score (nSPS) is 9.22. The molecule has 2 aromatic carbocycles. The van der Waals surface area contributed by atoms with Gasteiger partial charge in [0.05, 0.1) is 0 Å². The van der Waals surface area contributed by atoms with Gasteiger partial charge in [0.1, 0.15) is 5.75 Å². The maximum atomic E-state index is 10.6. The zero-order chi connectivity index (χ0) is 17.0. The molecule has 0 aliphatic carbocycles. The van der Waals surface area contributed by atoms with Crippen LogP contribution in [0.3, 0.4) is 0 Å². The van der Waals surface area contributed by atoms with Crippen LogP contribution in [0.4, 0.5) is 13.2 Å². The van der Waals surface area contributed by atoms with Crippen LogP contribution in [0.5, 0.6) is 5.75 Å². The molecule has 0 heterocycles. The average molecular weight is 350 g/mol. The van der Waals surface area contributed by atoms with E-state index in [0.717, 1.165) is 5.75 Å². The summed E-state index contributed by atoms with van der Waals surface area (Å²) in [6.07, 6.45) is -5.08. The number of rotatable bonds is 1. The molecule has 4 N–H and O–H groups in total. The summed E-state index contributed by atoms with van der Waals surface area (Å²) in [6.45, 7) is 0. The lowest BCUT2D eigenvalue weighted by molar-refractivity contribution is -0.192. The van der Waals surface area contributed by atoms with Crippen LogP contribution >= 0.6 is 12.6 Å². The van der Waals surface area contributed by atoms with Crippen molar-refractivity contribution in [3.63, 3.8) is 0 Å². The topological polar surface area (TPSA) is 89.0 Å². The standard InChI is InChI=1S/C7H8S.C6H6O.C2HF3O2.H2O/c8-6-7-4-2-1-3-5-7;7-6-4-2-1-3-5-6;3-2(4,5)1(6)7;/h1-5,8H,6H2;1-5,7H;(H,6,7);1H2. The van der Waals surface area contributed by atoms with Crippen molar-refractivity contribution in [3.05, 3.63) is 66.2 Å². The van der Waals surface area contributed by atoms with Crippen LogP contribution in [0.15, 0.2) is 60.7 Å². The van der Waals surface area contributed by atoms with E-state index >= 15 is 0 Å². The van der Waals surface area contributed by atoms with E-state index < -0.39 is 12.1 Å². The van der Waals surface area contributed by atoms with Crippen molar-refractivity contribution >= 4 is 18.6 Å². The number of phenols is 1. The number of carboxylic acids is 1. The Balaban J connectivity index is 0. The van der Waals surface area contributed by atoms with Gasteiger partial charge >= 0.3 is 12.1 Å². The van der Waals surface area contributed by atoms with Crippen molar-refractivity contribution in [2.24, 2.45) is 0 Å². The highest BCUT2D eigenvalue weighted by molar-refractivity contribution is 7.79. The number of carboxylic acid groups (broad SMARTS) is 1. The molecule has 0 spiro atoms. The van der Waals surface area contributed by atoms with E-state index in [2.05, 4.69) is 24.8 Å². The Kier molecular flexibility index (Phi) is 12.4. The predicted molar refractivity (Wildman–Crippen MR) is 84.5 cm³/mol. The van der Waals surface area contributed by atoms with Crippen molar-refractivity contribution in [1.29, 1.82) is 0 Å². The molecule has 0 aliphatic rings. The number of alkyl halides is 3. The highest BCUT2D eigenvalue weighted by Gasteiger charge is 2.38. The lowest BCUT2D eigenvalue weighted by Gasteiger charge is -1.93. The quantitative estimate of drug-likeness (QED) is 0.689. The number of aromatic hydroxyl groups is 1. The fourth-order valence-corrected chi connectivity index (χ4v) is 1.22. The van der Waals surface area contributed by atoms with Crippen LogP contribution in [-0.4, -0.2) is 27.8 Å². The number of phenolic OH excluding ortho intramolecular Hbond substituents is 1. The number of para-hydroxylation sites is 1. The fourth-order valence-electron chi connectivity index (χ4n) is 1.01. The highest BCUT2D eigenvalue weighted by atomic mass is 32.1. The summed E-state index contributed by atoms with van der Waals surface area (Å²) < 4.78 is 31.7. The number of thiol groups is 1. The molecule has 0 unspecified atom stereocenters. The average Bonchev–Trinajstić information content (AvgIpc) is 2.49. The van der Waals surface area contributed by atoms with E-state index in [-0.39, 0.29) is 5.48 Å². The molecular formula is C15H17F3O4S. The van der Waals surface area contributed by atoms with Gasteiger partial charge in [0.25, 0.3) is 0 Å². The summed E-state index contributed by atoms with van der Waals surface area (Å²) in [6, 6.07) is 18.9. The van der Waals surface area contributed by atoms with Crippen LogP contribution in [0.1, 0.15) is 5.56 Å². The molecule has 2 aromatic rings. The Morgan fingerprint density at radius 3 is 1.48 bits per heavy atom. The Morgan fingerprint density at radius 2 is 1.30 bits per heavy atom. The third kappa shape index (κ3) is 13.2. The number of hydrogen-bond donors (Lipinski definition) is 3. The molecule has 128 valence electrons. The summed E-state index contributed by atoms with van der Waals surface area (Å²) in [5.74, 6) is -1.60. The Bertz CT molecular complexity index is 533. The first kappa shape index (κ1) is 23.1. The zero-order valence-corrected chi connectivity index (χ0v) is 12.8. The van der Waals surface area contributed by atoms with E-state index in [1.54, 1.807) is 24.3 Å². The second-order valence-corrected chi connectivity index (χ2v) is 4.10. The second-order valence-electron chi connectivity index (χ2n) is 3.78. The minimum Gasteiger partial charge on any atom is -0.508 e. The first-order chi connectivity index (χ1) is 10.3. The number of carbonyl (C=O) groups is 1. The largest absolute Gasteiger partial charge is 0.508 e. The van der Waals surface area contributed by atoms with E-state index in [4.69, 9.17) is 15.0 Å². The Hall–Kier alpha value is -2.19. The van der Waals surface area contributed by atoms with E-state index in [9.17, 15) is 13.2 Å². The van der Waals surface area contributed by atoms with Crippen molar-refractivity contribution in [3.8, 4) is 5.75 Å². The minimum absolute atomic E-state index is 0. The molecule has 0 atom stereocenters. The third-order valence-corrected chi connectivity index (χ3v) is 2.39. The monoisotopic (exact) mass is 350 g/mol. The van der Waals surface area contributed by atoms with Crippen molar-refractivity contribution in [2.75, 3.05) is 0 Å². The number of halogens is 3. The predicted octanol–water partition coefficient (Wildman–Crippen LogP) is 3.32. The maximum absolute atomic E-state index is 10.6. The fraction of sp³-hybridized carbons (Fsp3) is 0.133. The SMILES string of the molecule is O.O=C(O)C(F)(F)F.Oc1ccccc1.SCc1ccccc1. The van der Waals surface area contributed by atoms with Gasteiger partial charge in [-0.3, -0.25) is 0 Å². The summed E-state index contributed by atoms with van der Waals surface area (Å²) in [4.78, 5) is 8.90. The minimum atomic E-state index is -5.08. The van der Waals surface area contributed by atoms with Crippen molar-refractivity contribution in [2.45, 2.75) is 11.9 Å². The van der Waals surface area contributed by atoms with Gasteiger partial charge in [-0.05, 0) is 17.7 Å². The highest BCUT2D eigenvalue weighted by Crippen LogP contribution is 2.13. The van der Waals surface area contributed by atoms with Gasteiger partial charge in [0.15, 0.2) is 0 Å². The molecule has 0 radical (unpaired) electrons. The summed E-state index contributed by atoms with van der Waals surface area (Å²) in [7, 11) is 0. The molecule has 0 bridgehead atoms. The van der Waals surface area contributed by atoms with Crippen LogP contribution in [0.25, 0.3) is 0 Å². The maximum Gasteiger partial charge on any atom is 0.490 e. The number of aliphatic carboxylic acids is 1. The van der Waals surface area contributed by atoms with Crippen molar-refractivity contribution < 1.29 is 33.7 Å². The molecule has 8 heteroatoms. The Morgan fingerprint density at radius 1 is 0.957 bits per heavy atom. The van der Waals surface area contributed by atoms with Gasteiger partial charge < -0.3 is 15.7 Å². The summed E-state index contributed by atoms with van der Waals surface area (Å²) in [5, 5.41) is 15.8. The van der Waals surface area contributed by atoms with Gasteiger partial charge in [0, 0.05) is 5.75 Å². The van der Waals surface area contributed by atoms with Gasteiger partial charge in [0.2, 0.25) is 0 Å². The summed E-state index contributed by atoms with van der Waals surface area (Å²) >= 11 is 4.11. The van der Waals surface area contributed by atoms with Crippen LogP contribution in [0, 0.1) is 0 Å². The third-order valence-electron chi connectivity index (χ3n) is 2.02. The molecule has 0 amide bonds. The lowest BCUT2D eigenvalue weighted by atomic mass is 10.2. The molecule has 0 saturated carbocycles. The summed E-state index contributed by atoms with van der Waals surface area (Å²) in [5.41, 5.74) is 1.27. The molecule has 4 nitrogen and oxygen atoms in total. The first-order valence-corrected chi connectivity index (χ1v) is 6.59. The second kappa shape index (κ2) is 12.4. The molecule has 2 rings (SSSR count). The molecule has 23 heavy (non-hydrogen) atoms. The van der Waals surface area contributed by atoms with Gasteiger partial charge in [-0.1, -0.05) is 48.5 Å². The van der Waals surface area contributed by atoms with E-state index in [1.807, 2.05) is 24.3 Å². The molecule has 0 aromatic heterocycles. The smallest absolute Gasteiger partial charge is 0.490 e. The van der Waals surface area contributed by atoms with Gasteiger partial charge in [-0.15, -0.1) is 0 Å². The van der Waals surface area contributed by atoms with Crippen LogP contribution in [-0.2, 0) is 10.5 Å². The first-order valence-electron chi connectivity index (χ1n) is 5.96. The number of hydrogen-bond acceptors (Lipinski definition) is 3. The number of benzene rings is 2. The molecular weight excluding hydrogens is 333 g/mol. The van der Waals surface area contributed by atoms with Gasteiger partial charge in [-0.2, -0.15) is 25.8 Å². The molecule has 0 saturated heterocycles. The zero-order valence-electron chi connectivity index (χ0n) is 11.9. The molecule has 0 aliphatic heterocycles. The van der Waals surface area contributed by atoms with Gasteiger partial charge in [-0.25, -0.2) is 4.79 Å². The van der Waals surface area contributed by atoms with Crippen LogP contribution in [0.2, 0.25) is 0 Å². The Labute approximate surface area is 136 Å².